The molecule has 5 aromatic rings. The number of likely N-dealkylation sites (tertiary alicyclic amines) is 2. The van der Waals surface area contributed by atoms with Gasteiger partial charge < -0.3 is 35.6 Å². The predicted octanol–water partition coefficient (Wildman–Crippen LogP) is 6.20. The normalized spacial score (nSPS) is 18.7. The van der Waals surface area contributed by atoms with Crippen LogP contribution in [0.3, 0.4) is 0 Å². The first-order valence-electron chi connectivity index (χ1n) is 19.4. The topological polar surface area (TPSA) is 168 Å². The summed E-state index contributed by atoms with van der Waals surface area (Å²) in [6.07, 6.45) is 4.74. The highest BCUT2D eigenvalue weighted by Crippen LogP contribution is 2.33. The summed E-state index contributed by atoms with van der Waals surface area (Å²) in [4.78, 5) is 64.1. The number of nitrogens with one attached hydrogen (secondary N) is 3. The summed E-state index contributed by atoms with van der Waals surface area (Å²) in [5, 5.41) is 28.1. The number of carbonyl (C=O) groups is 4. The Labute approximate surface area is 331 Å². The van der Waals surface area contributed by atoms with Gasteiger partial charge >= 0.3 is 0 Å². The van der Waals surface area contributed by atoms with E-state index in [1.165, 1.54) is 13.8 Å². The molecule has 2 fully saturated rings. The standard InChI is InChI=1S/C45H48N6O6/c1-44(56,32-11-5-3-6-12-32)42(54)50-25-9-15-36(50)27-38(52)48-34-21-17-30(18-22-34)40-41(47-29-46-40)31-19-23-35(24-20-31)49-39(53)28-37-16-10-26-51(37)43(55)45(2,57)33-13-7-4-8-14-33/h3-8,11-14,17-24,29,36-37,56-57H,9-10,15-16,25-28H2,1-2H3,(H,46,47)(H,48,52)(H,49,53)/t36-,37-,44-,45-/m0/s1. The molecule has 4 amide bonds. The Bertz CT molecular complexity index is 2050. The Morgan fingerprint density at radius 1 is 0.649 bits per heavy atom. The number of amides is 4. The third kappa shape index (κ3) is 8.52. The second-order valence-corrected chi connectivity index (χ2v) is 15.3. The van der Waals surface area contributed by atoms with Gasteiger partial charge in [0, 0.05) is 60.5 Å². The first-order valence-corrected chi connectivity index (χ1v) is 19.4. The maximum Gasteiger partial charge on any atom is 0.259 e. The third-order valence-corrected chi connectivity index (χ3v) is 11.2. The van der Waals surface area contributed by atoms with Gasteiger partial charge in [0.05, 0.1) is 17.7 Å². The Morgan fingerprint density at radius 3 is 1.51 bits per heavy atom. The number of aromatic amines is 1. The molecule has 2 aliphatic heterocycles. The van der Waals surface area contributed by atoms with Crippen molar-refractivity contribution in [1.29, 1.82) is 0 Å². The highest BCUT2D eigenvalue weighted by molar-refractivity contribution is 5.94. The first-order chi connectivity index (χ1) is 27.4. The van der Waals surface area contributed by atoms with Crippen LogP contribution in [0.4, 0.5) is 11.4 Å². The maximum absolute atomic E-state index is 13.4. The molecule has 12 nitrogen and oxygen atoms in total. The number of nitrogens with zero attached hydrogens (tertiary/aromatic N) is 3. The molecule has 0 unspecified atom stereocenters. The van der Waals surface area contributed by atoms with Gasteiger partial charge in [0.1, 0.15) is 0 Å². The lowest BCUT2D eigenvalue weighted by atomic mass is 9.94. The van der Waals surface area contributed by atoms with E-state index in [0.717, 1.165) is 29.7 Å². The van der Waals surface area contributed by atoms with Crippen molar-refractivity contribution in [3.05, 3.63) is 127 Å². The average Bonchev–Trinajstić information content (AvgIpc) is 4.01. The van der Waals surface area contributed by atoms with Crippen LogP contribution in [0.2, 0.25) is 0 Å². The minimum absolute atomic E-state index is 0.120. The summed E-state index contributed by atoms with van der Waals surface area (Å²) in [6, 6.07) is 31.9. The molecule has 2 saturated heterocycles. The minimum Gasteiger partial charge on any atom is -0.376 e. The molecule has 0 radical (unpaired) electrons. The second kappa shape index (κ2) is 16.5. The van der Waals surface area contributed by atoms with Crippen LogP contribution in [0.15, 0.2) is 116 Å². The summed E-state index contributed by atoms with van der Waals surface area (Å²) >= 11 is 0. The van der Waals surface area contributed by atoms with E-state index >= 15 is 0 Å². The summed E-state index contributed by atoms with van der Waals surface area (Å²) in [6.45, 7) is 3.98. The zero-order chi connectivity index (χ0) is 40.2. The molecule has 2 aliphatic rings. The van der Waals surface area contributed by atoms with Crippen molar-refractivity contribution >= 4 is 35.0 Å². The maximum atomic E-state index is 13.4. The molecule has 0 spiro atoms. The third-order valence-electron chi connectivity index (χ3n) is 11.2. The van der Waals surface area contributed by atoms with Crippen LogP contribution in [-0.4, -0.2) is 78.8 Å². The smallest absolute Gasteiger partial charge is 0.259 e. The van der Waals surface area contributed by atoms with Crippen LogP contribution in [0.1, 0.15) is 63.5 Å². The summed E-state index contributed by atoms with van der Waals surface area (Å²) in [5.74, 6) is -1.24. The van der Waals surface area contributed by atoms with Crippen LogP contribution in [0, 0.1) is 0 Å². The van der Waals surface area contributed by atoms with Crippen LogP contribution in [0.5, 0.6) is 0 Å². The number of benzene rings is 4. The Hall–Kier alpha value is -6.11. The van der Waals surface area contributed by atoms with E-state index in [1.54, 1.807) is 64.7 Å². The Balaban J connectivity index is 0.932. The number of rotatable bonds is 12. The van der Waals surface area contributed by atoms with Crippen molar-refractivity contribution in [2.24, 2.45) is 0 Å². The second-order valence-electron chi connectivity index (χ2n) is 15.3. The lowest BCUT2D eigenvalue weighted by Crippen LogP contribution is -2.48. The van der Waals surface area contributed by atoms with Crippen molar-refractivity contribution < 1.29 is 29.4 Å². The minimum atomic E-state index is -1.69. The van der Waals surface area contributed by atoms with E-state index in [0.29, 0.717) is 54.1 Å². The highest BCUT2D eigenvalue weighted by Gasteiger charge is 2.42. The largest absolute Gasteiger partial charge is 0.376 e. The van der Waals surface area contributed by atoms with E-state index in [2.05, 4.69) is 20.6 Å². The van der Waals surface area contributed by atoms with Gasteiger partial charge in [-0.2, -0.15) is 0 Å². The van der Waals surface area contributed by atoms with Crippen LogP contribution >= 0.6 is 0 Å². The molecule has 12 heteroatoms. The molecule has 1 aromatic heterocycles. The van der Waals surface area contributed by atoms with Crippen molar-refractivity contribution in [1.82, 2.24) is 19.8 Å². The van der Waals surface area contributed by atoms with Crippen LogP contribution < -0.4 is 10.6 Å². The Kier molecular flexibility index (Phi) is 11.4. The highest BCUT2D eigenvalue weighted by atomic mass is 16.3. The van der Waals surface area contributed by atoms with E-state index in [-0.39, 0.29) is 36.7 Å². The number of hydrogen-bond donors (Lipinski definition) is 5. The fourth-order valence-corrected chi connectivity index (χ4v) is 7.98. The summed E-state index contributed by atoms with van der Waals surface area (Å²) in [5.41, 5.74) is 2.08. The molecule has 5 N–H and O–H groups in total. The zero-order valence-electron chi connectivity index (χ0n) is 32.2. The first kappa shape index (κ1) is 39.1. The number of hydrogen-bond acceptors (Lipinski definition) is 7. The average molecular weight is 769 g/mol. The van der Waals surface area contributed by atoms with Crippen molar-refractivity contribution in [3.8, 4) is 22.5 Å². The number of imidazole rings is 1. The molecule has 57 heavy (non-hydrogen) atoms. The van der Waals surface area contributed by atoms with Gasteiger partial charge in [-0.15, -0.1) is 0 Å². The fourth-order valence-electron chi connectivity index (χ4n) is 7.98. The van der Waals surface area contributed by atoms with Crippen molar-refractivity contribution in [3.63, 3.8) is 0 Å². The van der Waals surface area contributed by atoms with E-state index in [4.69, 9.17) is 0 Å². The Morgan fingerprint density at radius 2 is 1.07 bits per heavy atom. The number of aromatic nitrogens is 2. The molecule has 4 aromatic carbocycles. The number of H-pyrrole nitrogens is 1. The van der Waals surface area contributed by atoms with Crippen LogP contribution in [0.25, 0.3) is 22.5 Å². The van der Waals surface area contributed by atoms with Gasteiger partial charge in [0.2, 0.25) is 11.8 Å². The van der Waals surface area contributed by atoms with Crippen molar-refractivity contribution in [2.75, 3.05) is 23.7 Å². The van der Waals surface area contributed by atoms with Gasteiger partial charge in [-0.25, -0.2) is 4.98 Å². The summed E-state index contributed by atoms with van der Waals surface area (Å²) < 4.78 is 0. The number of carbonyl (C=O) groups excluding carboxylic acids is 4. The monoisotopic (exact) mass is 768 g/mol. The molecular formula is C45H48N6O6. The van der Waals surface area contributed by atoms with Gasteiger partial charge in [-0.3, -0.25) is 19.2 Å². The van der Waals surface area contributed by atoms with E-state index in [9.17, 15) is 29.4 Å². The SMILES string of the molecule is C[C@@](O)(C(=O)N1CCC[C@H]1CC(=O)Nc1ccc(-c2nc[nH]c2-c2ccc(NC(=O)C[C@@H]3CCCN3C(=O)[C@@](C)(O)c3ccccc3)cc2)cc1)c1ccccc1. The van der Waals surface area contributed by atoms with E-state index in [1.807, 2.05) is 60.7 Å². The van der Waals surface area contributed by atoms with E-state index < -0.39 is 23.0 Å². The van der Waals surface area contributed by atoms with Crippen LogP contribution in [-0.2, 0) is 30.4 Å². The lowest BCUT2D eigenvalue weighted by molar-refractivity contribution is -0.152. The molecule has 3 heterocycles. The molecule has 7 rings (SSSR count). The molecular weight excluding hydrogens is 721 g/mol. The molecule has 294 valence electrons. The van der Waals surface area contributed by atoms with Gasteiger partial charge in [-0.1, -0.05) is 84.9 Å². The predicted molar refractivity (Wildman–Crippen MR) is 217 cm³/mol. The van der Waals surface area contributed by atoms with Gasteiger partial charge in [-0.05, 0) is 74.9 Å². The summed E-state index contributed by atoms with van der Waals surface area (Å²) in [7, 11) is 0. The number of anilines is 2. The lowest BCUT2D eigenvalue weighted by Gasteiger charge is -2.32. The molecule has 0 aliphatic carbocycles. The molecule has 4 atom stereocenters. The fraction of sp³-hybridized carbons (Fsp3) is 0.311. The van der Waals surface area contributed by atoms with Crippen molar-refractivity contribution in [2.45, 2.75) is 75.7 Å². The quantitative estimate of drug-likeness (QED) is 0.101. The number of aliphatic hydroxyl groups is 2. The molecule has 0 saturated carbocycles. The van der Waals surface area contributed by atoms with Gasteiger partial charge in [0.15, 0.2) is 11.2 Å². The zero-order valence-corrected chi connectivity index (χ0v) is 32.2. The molecule has 0 bridgehead atoms. The van der Waals surface area contributed by atoms with Gasteiger partial charge in [0.25, 0.3) is 11.8 Å².